The molecule has 1 unspecified atom stereocenters. The van der Waals surface area contributed by atoms with Crippen molar-refractivity contribution in [1.82, 2.24) is 30.2 Å². The van der Waals surface area contributed by atoms with Gasteiger partial charge in [-0.05, 0) is 76.7 Å². The molecule has 3 aromatic rings. The molecule has 3 heterocycles. The van der Waals surface area contributed by atoms with Crippen LogP contribution in [0, 0.1) is 0 Å². The summed E-state index contributed by atoms with van der Waals surface area (Å²) < 4.78 is 0. The maximum Gasteiger partial charge on any atom is 0.319 e. The zero-order valence-electron chi connectivity index (χ0n) is 25.9. The highest BCUT2D eigenvalue weighted by molar-refractivity contribution is 5.99. The summed E-state index contributed by atoms with van der Waals surface area (Å²) in [7, 11) is 4.00. The lowest BCUT2D eigenvalue weighted by Gasteiger charge is -2.34. The SMILES string of the molecule is C=CC(=O)Nc1ccc(C(=O)N2CCC(Nc3n[nH]c4c3CN(C(=O)NC(CN(C)C)c3ccccc3)C4(C)C)CC2)cc1. The van der Waals surface area contributed by atoms with Crippen LogP contribution in [-0.2, 0) is 16.9 Å². The van der Waals surface area contributed by atoms with Crippen molar-refractivity contribution >= 4 is 29.4 Å². The second-order valence-corrected chi connectivity index (χ2v) is 12.2. The molecule has 2 aliphatic rings. The molecule has 1 aromatic heterocycles. The van der Waals surface area contributed by atoms with E-state index in [1.54, 1.807) is 24.3 Å². The van der Waals surface area contributed by atoms with Crippen LogP contribution in [0.5, 0.6) is 0 Å². The van der Waals surface area contributed by atoms with Crippen molar-refractivity contribution in [3.63, 3.8) is 0 Å². The standard InChI is InChI=1S/C33H42N8O3/c1-6-28(42)34-24-14-12-23(13-15-24)31(43)40-18-16-25(17-19-40)35-30-26-20-41(33(2,3)29(26)37-38-30)32(44)36-27(21-39(4)5)22-10-8-7-9-11-22/h6-15,25,27H,1,16-21H2,2-5H3,(H,34,42)(H,36,44)(H2,35,37,38). The third-order valence-electron chi connectivity index (χ3n) is 8.47. The molecule has 11 nitrogen and oxygen atoms in total. The first-order chi connectivity index (χ1) is 21.1. The zero-order chi connectivity index (χ0) is 31.4. The minimum Gasteiger partial charge on any atom is -0.365 e. The van der Waals surface area contributed by atoms with Gasteiger partial charge in [-0.1, -0.05) is 36.9 Å². The van der Waals surface area contributed by atoms with Gasteiger partial charge in [0.15, 0.2) is 5.82 Å². The van der Waals surface area contributed by atoms with Crippen LogP contribution >= 0.6 is 0 Å². The molecule has 4 amide bonds. The van der Waals surface area contributed by atoms with Crippen LogP contribution in [0.4, 0.5) is 16.3 Å². The van der Waals surface area contributed by atoms with Crippen molar-refractivity contribution in [2.75, 3.05) is 44.4 Å². The summed E-state index contributed by atoms with van der Waals surface area (Å²) >= 11 is 0. The first-order valence-corrected chi connectivity index (χ1v) is 15.0. The van der Waals surface area contributed by atoms with Crippen LogP contribution in [0.25, 0.3) is 0 Å². The number of urea groups is 1. The Morgan fingerprint density at radius 2 is 1.77 bits per heavy atom. The monoisotopic (exact) mass is 598 g/mol. The molecule has 0 radical (unpaired) electrons. The lowest BCUT2D eigenvalue weighted by atomic mass is 10.0. The number of fused-ring (bicyclic) bond motifs is 1. The number of likely N-dealkylation sites (tertiary alicyclic amines) is 1. The van der Waals surface area contributed by atoms with Gasteiger partial charge in [-0.2, -0.15) is 5.10 Å². The number of aromatic nitrogens is 2. The number of carbonyl (C=O) groups excluding carboxylic acids is 3. The first kappa shape index (κ1) is 30.8. The Morgan fingerprint density at radius 3 is 2.41 bits per heavy atom. The van der Waals surface area contributed by atoms with Gasteiger partial charge in [0.25, 0.3) is 5.91 Å². The van der Waals surface area contributed by atoms with Crippen molar-refractivity contribution < 1.29 is 14.4 Å². The smallest absolute Gasteiger partial charge is 0.319 e. The number of rotatable bonds is 9. The van der Waals surface area contributed by atoms with Gasteiger partial charge in [0.1, 0.15) is 0 Å². The summed E-state index contributed by atoms with van der Waals surface area (Å²) in [5.41, 5.74) is 3.62. The van der Waals surface area contributed by atoms with Crippen LogP contribution in [0.2, 0.25) is 0 Å². The molecular formula is C33H42N8O3. The van der Waals surface area contributed by atoms with Gasteiger partial charge in [-0.25, -0.2) is 4.79 Å². The van der Waals surface area contributed by atoms with Gasteiger partial charge < -0.3 is 30.7 Å². The fourth-order valence-corrected chi connectivity index (χ4v) is 5.97. The number of aromatic amines is 1. The van der Waals surface area contributed by atoms with Gasteiger partial charge in [0.05, 0.1) is 23.8 Å². The number of anilines is 2. The normalized spacial score (nSPS) is 16.8. The maximum atomic E-state index is 13.7. The highest BCUT2D eigenvalue weighted by Gasteiger charge is 2.44. The summed E-state index contributed by atoms with van der Waals surface area (Å²) in [4.78, 5) is 44.1. The van der Waals surface area contributed by atoms with Crippen molar-refractivity contribution in [2.24, 2.45) is 0 Å². The van der Waals surface area contributed by atoms with Gasteiger partial charge in [0.2, 0.25) is 5.91 Å². The van der Waals surface area contributed by atoms with Crippen LogP contribution in [-0.4, -0.2) is 82.5 Å². The molecule has 0 bridgehead atoms. The first-order valence-electron chi connectivity index (χ1n) is 15.0. The molecule has 1 fully saturated rings. The van der Waals surface area contributed by atoms with E-state index in [4.69, 9.17) is 0 Å². The van der Waals surface area contributed by atoms with Crippen LogP contribution in [0.15, 0.2) is 67.3 Å². The molecule has 1 atom stereocenters. The highest BCUT2D eigenvalue weighted by atomic mass is 16.2. The number of piperidine rings is 1. The fourth-order valence-electron chi connectivity index (χ4n) is 5.97. The molecule has 0 aliphatic carbocycles. The number of carbonyl (C=O) groups is 3. The van der Waals surface area contributed by atoms with E-state index in [1.807, 2.05) is 68.1 Å². The lowest BCUT2D eigenvalue weighted by Crippen LogP contribution is -2.48. The van der Waals surface area contributed by atoms with E-state index < -0.39 is 5.54 Å². The third kappa shape index (κ3) is 6.62. The number of benzene rings is 2. The maximum absolute atomic E-state index is 13.7. The Bertz CT molecular complexity index is 1490. The molecular weight excluding hydrogens is 556 g/mol. The molecule has 5 rings (SSSR count). The molecule has 232 valence electrons. The number of nitrogens with one attached hydrogen (secondary N) is 4. The topological polar surface area (TPSA) is 126 Å². The van der Waals surface area contributed by atoms with Gasteiger partial charge in [-0.15, -0.1) is 0 Å². The van der Waals surface area contributed by atoms with E-state index in [0.717, 1.165) is 35.5 Å². The zero-order valence-corrected chi connectivity index (χ0v) is 25.9. The van der Waals surface area contributed by atoms with Crippen molar-refractivity contribution in [2.45, 2.75) is 50.9 Å². The van der Waals surface area contributed by atoms with Gasteiger partial charge in [-0.3, -0.25) is 14.7 Å². The third-order valence-corrected chi connectivity index (χ3v) is 8.47. The summed E-state index contributed by atoms with van der Waals surface area (Å²) in [6.45, 7) is 9.88. The number of hydrogen-bond acceptors (Lipinski definition) is 6. The van der Waals surface area contributed by atoms with Crippen molar-refractivity contribution in [3.05, 3.63) is 89.6 Å². The summed E-state index contributed by atoms with van der Waals surface area (Å²) in [5.74, 6) is 0.438. The number of amides is 4. The average molecular weight is 599 g/mol. The Labute approximate surface area is 258 Å². The molecule has 2 aliphatic heterocycles. The van der Waals surface area contributed by atoms with Gasteiger partial charge in [0, 0.05) is 42.5 Å². The van der Waals surface area contributed by atoms with E-state index in [1.165, 1.54) is 6.08 Å². The van der Waals surface area contributed by atoms with Crippen LogP contribution < -0.4 is 16.0 Å². The van der Waals surface area contributed by atoms with Crippen LogP contribution in [0.3, 0.4) is 0 Å². The van der Waals surface area contributed by atoms with E-state index >= 15 is 0 Å². The molecule has 0 saturated carbocycles. The van der Waals surface area contributed by atoms with E-state index in [0.29, 0.717) is 37.4 Å². The number of nitrogens with zero attached hydrogens (tertiary/aromatic N) is 4. The minimum atomic E-state index is -0.564. The molecule has 4 N–H and O–H groups in total. The second-order valence-electron chi connectivity index (χ2n) is 12.2. The average Bonchev–Trinajstić information content (AvgIpc) is 3.54. The fraction of sp³-hybridized carbons (Fsp3) is 0.394. The molecule has 2 aromatic carbocycles. The van der Waals surface area contributed by atoms with E-state index in [9.17, 15) is 14.4 Å². The van der Waals surface area contributed by atoms with Gasteiger partial charge >= 0.3 is 6.03 Å². The van der Waals surface area contributed by atoms with Crippen LogP contribution in [0.1, 0.15) is 59.9 Å². The highest BCUT2D eigenvalue weighted by Crippen LogP contribution is 2.41. The van der Waals surface area contributed by atoms with Crippen molar-refractivity contribution in [3.8, 4) is 0 Å². The Balaban J connectivity index is 1.19. The Kier molecular flexibility index (Phi) is 9.05. The summed E-state index contributed by atoms with van der Waals surface area (Å²) in [5, 5.41) is 17.3. The number of likely N-dealkylation sites (N-methyl/N-ethyl adjacent to an activating group) is 1. The number of hydrogen-bond donors (Lipinski definition) is 4. The van der Waals surface area contributed by atoms with E-state index in [2.05, 4.69) is 37.6 Å². The number of H-pyrrole nitrogens is 1. The predicted molar refractivity (Wildman–Crippen MR) is 171 cm³/mol. The second kappa shape index (κ2) is 12.9. The molecule has 44 heavy (non-hydrogen) atoms. The Morgan fingerprint density at radius 1 is 1.09 bits per heavy atom. The minimum absolute atomic E-state index is 0.0304. The van der Waals surface area contributed by atoms with Crippen molar-refractivity contribution in [1.29, 1.82) is 0 Å². The predicted octanol–water partition coefficient (Wildman–Crippen LogP) is 4.31. The Hall–Kier alpha value is -4.64. The molecule has 0 spiro atoms. The van der Waals surface area contributed by atoms with E-state index in [-0.39, 0.29) is 29.9 Å². The molecule has 11 heteroatoms. The summed E-state index contributed by atoms with van der Waals surface area (Å²) in [6.07, 6.45) is 2.76. The lowest BCUT2D eigenvalue weighted by molar-refractivity contribution is -0.111. The molecule has 1 saturated heterocycles. The quantitative estimate of drug-likeness (QED) is 0.272. The largest absolute Gasteiger partial charge is 0.365 e. The summed E-state index contributed by atoms with van der Waals surface area (Å²) in [6, 6.07) is 16.8.